The number of ether oxygens (including phenoxy) is 1. The summed E-state index contributed by atoms with van der Waals surface area (Å²) in [5.41, 5.74) is -0.449. The standard InChI is InChI=1S/C12H15NO4S/c1-17-11(14)12(7-8-18(15,16)9-12)13-10-5-3-2-4-6-10/h2-6,13H,7-9H2,1H3. The number of benzene rings is 1. The van der Waals surface area contributed by atoms with Gasteiger partial charge in [-0.15, -0.1) is 0 Å². The fourth-order valence-corrected chi connectivity index (χ4v) is 4.04. The SMILES string of the molecule is COC(=O)C1(Nc2ccccc2)CCS(=O)(=O)C1. The van der Waals surface area contributed by atoms with Crippen molar-refractivity contribution >= 4 is 21.5 Å². The van der Waals surface area contributed by atoms with Crippen LogP contribution in [0, 0.1) is 0 Å². The molecule has 0 aromatic heterocycles. The van der Waals surface area contributed by atoms with Crippen molar-refractivity contribution in [1.82, 2.24) is 0 Å². The largest absolute Gasteiger partial charge is 0.467 e. The number of carbonyl (C=O) groups is 1. The molecule has 1 fully saturated rings. The Kier molecular flexibility index (Phi) is 3.30. The van der Waals surface area contributed by atoms with Crippen molar-refractivity contribution in [1.29, 1.82) is 0 Å². The molecule has 18 heavy (non-hydrogen) atoms. The van der Waals surface area contributed by atoms with E-state index in [1.807, 2.05) is 18.2 Å². The summed E-state index contributed by atoms with van der Waals surface area (Å²) in [6, 6.07) is 9.06. The molecule has 6 heteroatoms. The Morgan fingerprint density at radius 1 is 1.33 bits per heavy atom. The van der Waals surface area contributed by atoms with Crippen molar-refractivity contribution in [2.75, 3.05) is 23.9 Å². The molecule has 0 saturated carbocycles. The normalized spacial score (nSPS) is 25.6. The number of hydrogen-bond donors (Lipinski definition) is 1. The predicted octanol–water partition coefficient (Wildman–Crippen LogP) is 0.829. The molecule has 0 amide bonds. The Morgan fingerprint density at radius 3 is 2.50 bits per heavy atom. The van der Waals surface area contributed by atoms with Gasteiger partial charge in [0.2, 0.25) is 0 Å². The third-order valence-electron chi connectivity index (χ3n) is 3.04. The average Bonchev–Trinajstić information content (AvgIpc) is 2.66. The summed E-state index contributed by atoms with van der Waals surface area (Å²) in [7, 11) is -1.93. The molecule has 98 valence electrons. The highest BCUT2D eigenvalue weighted by Crippen LogP contribution is 2.29. The number of sulfone groups is 1. The molecule has 1 atom stereocenters. The van der Waals surface area contributed by atoms with Crippen molar-refractivity contribution in [3.63, 3.8) is 0 Å². The molecule has 1 aliphatic heterocycles. The van der Waals surface area contributed by atoms with E-state index >= 15 is 0 Å². The maximum absolute atomic E-state index is 11.9. The van der Waals surface area contributed by atoms with Crippen LogP contribution in [0.1, 0.15) is 6.42 Å². The molecule has 1 N–H and O–H groups in total. The van der Waals surface area contributed by atoms with Crippen LogP contribution in [0.5, 0.6) is 0 Å². The third-order valence-corrected chi connectivity index (χ3v) is 4.80. The molecule has 0 bridgehead atoms. The zero-order chi connectivity index (χ0) is 13.2. The summed E-state index contributed by atoms with van der Waals surface area (Å²) in [5.74, 6) is -0.754. The van der Waals surface area contributed by atoms with E-state index in [0.29, 0.717) is 5.69 Å². The van der Waals surface area contributed by atoms with Crippen LogP contribution in [0.25, 0.3) is 0 Å². The second kappa shape index (κ2) is 4.61. The highest BCUT2D eigenvalue weighted by Gasteiger charge is 2.49. The number of para-hydroxylation sites is 1. The Morgan fingerprint density at radius 2 is 2.00 bits per heavy atom. The summed E-state index contributed by atoms with van der Waals surface area (Å²) in [5, 5.41) is 3.01. The molecule has 0 spiro atoms. The highest BCUT2D eigenvalue weighted by molar-refractivity contribution is 7.91. The summed E-state index contributed by atoms with van der Waals surface area (Å²) < 4.78 is 28.0. The molecule has 2 rings (SSSR count). The predicted molar refractivity (Wildman–Crippen MR) is 68.1 cm³/mol. The fraction of sp³-hybridized carbons (Fsp3) is 0.417. The minimum absolute atomic E-state index is 0.00192. The van der Waals surface area contributed by atoms with E-state index in [4.69, 9.17) is 4.74 Å². The summed E-state index contributed by atoms with van der Waals surface area (Å²) in [6.07, 6.45) is 0.233. The summed E-state index contributed by atoms with van der Waals surface area (Å²) in [6.45, 7) is 0. The minimum Gasteiger partial charge on any atom is -0.467 e. The summed E-state index contributed by atoms with van der Waals surface area (Å²) >= 11 is 0. The van der Waals surface area contributed by atoms with Gasteiger partial charge in [-0.2, -0.15) is 0 Å². The van der Waals surface area contributed by atoms with Gasteiger partial charge in [-0.25, -0.2) is 13.2 Å². The lowest BCUT2D eigenvalue weighted by atomic mass is 9.98. The van der Waals surface area contributed by atoms with E-state index in [9.17, 15) is 13.2 Å². The quantitative estimate of drug-likeness (QED) is 0.823. The Labute approximate surface area is 106 Å². The number of rotatable bonds is 3. The van der Waals surface area contributed by atoms with Crippen LogP contribution >= 0.6 is 0 Å². The second-order valence-corrected chi connectivity index (χ2v) is 6.59. The molecule has 1 heterocycles. The van der Waals surface area contributed by atoms with E-state index in [1.165, 1.54) is 7.11 Å². The highest BCUT2D eigenvalue weighted by atomic mass is 32.2. The molecule has 1 unspecified atom stereocenters. The number of methoxy groups -OCH3 is 1. The van der Waals surface area contributed by atoms with E-state index in [0.717, 1.165) is 0 Å². The third kappa shape index (κ3) is 2.48. The van der Waals surface area contributed by atoms with Gasteiger partial charge >= 0.3 is 5.97 Å². The Balaban J connectivity index is 2.30. The first-order valence-electron chi connectivity index (χ1n) is 5.59. The lowest BCUT2D eigenvalue weighted by molar-refractivity contribution is -0.145. The fourth-order valence-electron chi connectivity index (χ4n) is 2.15. The zero-order valence-corrected chi connectivity index (χ0v) is 10.9. The van der Waals surface area contributed by atoms with Crippen molar-refractivity contribution in [3.05, 3.63) is 30.3 Å². The smallest absolute Gasteiger partial charge is 0.332 e. The van der Waals surface area contributed by atoms with Gasteiger partial charge in [-0.05, 0) is 18.6 Å². The maximum Gasteiger partial charge on any atom is 0.332 e. The molecule has 1 saturated heterocycles. The van der Waals surface area contributed by atoms with Crippen LogP contribution in [0.2, 0.25) is 0 Å². The van der Waals surface area contributed by atoms with Crippen LogP contribution < -0.4 is 5.32 Å². The van der Waals surface area contributed by atoms with Gasteiger partial charge < -0.3 is 10.1 Å². The van der Waals surface area contributed by atoms with E-state index in [2.05, 4.69) is 5.32 Å². The molecule has 1 aromatic carbocycles. The molecular weight excluding hydrogens is 254 g/mol. The van der Waals surface area contributed by atoms with Crippen LogP contribution in [0.3, 0.4) is 0 Å². The van der Waals surface area contributed by atoms with Crippen LogP contribution in [0.15, 0.2) is 30.3 Å². The van der Waals surface area contributed by atoms with Gasteiger partial charge in [0.05, 0.1) is 18.6 Å². The Hall–Kier alpha value is -1.56. The van der Waals surface area contributed by atoms with Crippen LogP contribution in [0.4, 0.5) is 5.69 Å². The molecule has 1 aromatic rings. The summed E-state index contributed by atoms with van der Waals surface area (Å²) in [4.78, 5) is 11.9. The zero-order valence-electron chi connectivity index (χ0n) is 10.0. The van der Waals surface area contributed by atoms with Crippen LogP contribution in [-0.4, -0.2) is 38.5 Å². The van der Waals surface area contributed by atoms with Crippen molar-refractivity contribution in [2.24, 2.45) is 0 Å². The van der Waals surface area contributed by atoms with Gasteiger partial charge in [0.1, 0.15) is 0 Å². The number of nitrogens with one attached hydrogen (secondary N) is 1. The lowest BCUT2D eigenvalue weighted by Gasteiger charge is -2.27. The molecule has 0 aliphatic carbocycles. The van der Waals surface area contributed by atoms with Crippen molar-refractivity contribution in [2.45, 2.75) is 12.0 Å². The second-order valence-electron chi connectivity index (χ2n) is 4.41. The topological polar surface area (TPSA) is 72.5 Å². The van der Waals surface area contributed by atoms with Crippen LogP contribution in [-0.2, 0) is 19.4 Å². The van der Waals surface area contributed by atoms with E-state index < -0.39 is 21.3 Å². The van der Waals surface area contributed by atoms with Gasteiger partial charge in [0, 0.05) is 5.69 Å². The molecule has 5 nitrogen and oxygen atoms in total. The van der Waals surface area contributed by atoms with Gasteiger partial charge in [0.15, 0.2) is 15.4 Å². The monoisotopic (exact) mass is 269 g/mol. The number of esters is 1. The molecule has 1 aliphatic rings. The van der Waals surface area contributed by atoms with Crippen molar-refractivity contribution < 1.29 is 17.9 Å². The number of carbonyl (C=O) groups excluding carboxylic acids is 1. The van der Waals surface area contributed by atoms with Gasteiger partial charge in [0.25, 0.3) is 0 Å². The van der Waals surface area contributed by atoms with Gasteiger partial charge in [-0.1, -0.05) is 18.2 Å². The molecular formula is C12H15NO4S. The first-order valence-corrected chi connectivity index (χ1v) is 7.42. The molecule has 0 radical (unpaired) electrons. The van der Waals surface area contributed by atoms with E-state index in [-0.39, 0.29) is 17.9 Å². The lowest BCUT2D eigenvalue weighted by Crippen LogP contribution is -2.48. The number of anilines is 1. The average molecular weight is 269 g/mol. The maximum atomic E-state index is 11.9. The first kappa shape index (κ1) is 12.9. The Bertz CT molecular complexity index is 540. The van der Waals surface area contributed by atoms with E-state index in [1.54, 1.807) is 12.1 Å². The van der Waals surface area contributed by atoms with Crippen molar-refractivity contribution in [3.8, 4) is 0 Å². The first-order chi connectivity index (χ1) is 8.47. The number of hydrogen-bond acceptors (Lipinski definition) is 5. The van der Waals surface area contributed by atoms with Gasteiger partial charge in [-0.3, -0.25) is 0 Å². The minimum atomic E-state index is -3.19.